The van der Waals surface area contributed by atoms with Crippen molar-refractivity contribution in [2.45, 2.75) is 45.4 Å². The molecule has 0 bridgehead atoms. The first-order valence-corrected chi connectivity index (χ1v) is 10.4. The lowest BCUT2D eigenvalue weighted by Crippen LogP contribution is -2.15. The Hall–Kier alpha value is -3.94. The van der Waals surface area contributed by atoms with E-state index in [-0.39, 0.29) is 43.1 Å². The average Bonchev–Trinajstić information content (AvgIpc) is 2.75. The lowest BCUT2D eigenvalue weighted by molar-refractivity contribution is -0.142. The van der Waals surface area contributed by atoms with Gasteiger partial charge in [-0.1, -0.05) is 56.3 Å². The molecule has 0 unspecified atom stereocenters. The monoisotopic (exact) mass is 454 g/mol. The van der Waals surface area contributed by atoms with Gasteiger partial charge in [0.1, 0.15) is 11.5 Å². The molecule has 33 heavy (non-hydrogen) atoms. The van der Waals surface area contributed by atoms with Crippen LogP contribution in [0.3, 0.4) is 0 Å². The molecule has 2 aromatic carbocycles. The molecule has 0 saturated carbocycles. The molecular formula is C25H26O8. The second-order valence-electron chi connectivity index (χ2n) is 7.57. The van der Waals surface area contributed by atoms with Crippen molar-refractivity contribution in [3.8, 4) is 11.5 Å². The normalized spacial score (nSPS) is 10.9. The molecule has 0 fully saturated rings. The van der Waals surface area contributed by atoms with Crippen LogP contribution < -0.4 is 9.47 Å². The van der Waals surface area contributed by atoms with E-state index in [0.29, 0.717) is 11.1 Å². The Kier molecular flexibility index (Phi) is 9.35. The molecule has 0 atom stereocenters. The minimum atomic E-state index is -1.12. The number of ether oxygens (including phenoxy) is 2. The van der Waals surface area contributed by atoms with Crippen LogP contribution in [-0.2, 0) is 19.2 Å². The Balaban J connectivity index is 2.43. The van der Waals surface area contributed by atoms with Gasteiger partial charge < -0.3 is 19.7 Å². The summed E-state index contributed by atoms with van der Waals surface area (Å²) in [6, 6.07) is 12.7. The first-order valence-electron chi connectivity index (χ1n) is 10.4. The van der Waals surface area contributed by atoms with Crippen molar-refractivity contribution >= 4 is 36.0 Å². The minimum Gasteiger partial charge on any atom is -0.481 e. The summed E-state index contributed by atoms with van der Waals surface area (Å²) in [5.74, 6) is -3.62. The molecule has 2 rings (SSSR count). The van der Waals surface area contributed by atoms with E-state index in [4.69, 9.17) is 19.7 Å². The van der Waals surface area contributed by atoms with Crippen LogP contribution in [0.5, 0.6) is 11.5 Å². The lowest BCUT2D eigenvalue weighted by Gasteiger charge is -2.18. The zero-order chi connectivity index (χ0) is 24.4. The van der Waals surface area contributed by atoms with Gasteiger partial charge in [0.25, 0.3) is 0 Å². The van der Waals surface area contributed by atoms with Crippen molar-refractivity contribution in [2.75, 3.05) is 0 Å². The van der Waals surface area contributed by atoms with Crippen LogP contribution in [0, 0.1) is 0 Å². The lowest BCUT2D eigenvalue weighted by atomic mass is 9.98. The maximum Gasteiger partial charge on any atom is 0.311 e. The van der Waals surface area contributed by atoms with E-state index in [1.54, 1.807) is 18.2 Å². The number of esters is 2. The van der Waals surface area contributed by atoms with Gasteiger partial charge in [-0.25, -0.2) is 0 Å². The number of rotatable bonds is 11. The van der Waals surface area contributed by atoms with Crippen LogP contribution in [0.2, 0.25) is 0 Å². The number of hydrogen-bond donors (Lipinski definition) is 2. The predicted molar refractivity (Wildman–Crippen MR) is 121 cm³/mol. The zero-order valence-electron chi connectivity index (χ0n) is 18.4. The van der Waals surface area contributed by atoms with Gasteiger partial charge in [0.15, 0.2) is 0 Å². The van der Waals surface area contributed by atoms with Crippen LogP contribution >= 0.6 is 0 Å². The maximum atomic E-state index is 12.2. The maximum absolute atomic E-state index is 12.2. The highest BCUT2D eigenvalue weighted by Gasteiger charge is 2.21. The summed E-state index contributed by atoms with van der Waals surface area (Å²) in [5, 5.41) is 17.6. The van der Waals surface area contributed by atoms with Gasteiger partial charge >= 0.3 is 23.9 Å². The van der Waals surface area contributed by atoms with Gasteiger partial charge in [-0.05, 0) is 29.2 Å². The summed E-state index contributed by atoms with van der Waals surface area (Å²) in [6.45, 7) is 3.63. The molecule has 0 heterocycles. The highest BCUT2D eigenvalue weighted by molar-refractivity contribution is 5.81. The fourth-order valence-corrected chi connectivity index (χ4v) is 2.98. The zero-order valence-corrected chi connectivity index (χ0v) is 18.4. The molecule has 2 aromatic rings. The third-order valence-electron chi connectivity index (χ3n) is 4.51. The number of benzene rings is 2. The van der Waals surface area contributed by atoms with Crippen molar-refractivity contribution in [2.24, 2.45) is 0 Å². The predicted octanol–water partition coefficient (Wildman–Crippen LogP) is 4.52. The molecule has 0 aromatic heterocycles. The van der Waals surface area contributed by atoms with E-state index in [2.05, 4.69) is 0 Å². The van der Waals surface area contributed by atoms with E-state index in [9.17, 15) is 19.2 Å². The van der Waals surface area contributed by atoms with Gasteiger partial charge in [0.2, 0.25) is 0 Å². The first kappa shape index (κ1) is 25.3. The van der Waals surface area contributed by atoms with Crippen molar-refractivity contribution in [1.82, 2.24) is 0 Å². The van der Waals surface area contributed by atoms with Crippen LogP contribution in [-0.4, -0.2) is 34.1 Å². The Morgan fingerprint density at radius 3 is 1.64 bits per heavy atom. The Morgan fingerprint density at radius 2 is 1.21 bits per heavy atom. The van der Waals surface area contributed by atoms with E-state index in [0.717, 1.165) is 5.56 Å². The third kappa shape index (κ3) is 8.60. The molecule has 0 aliphatic heterocycles. The number of carboxylic acids is 2. The largest absolute Gasteiger partial charge is 0.481 e. The van der Waals surface area contributed by atoms with Gasteiger partial charge in [0, 0.05) is 5.56 Å². The first-order chi connectivity index (χ1) is 15.7. The third-order valence-corrected chi connectivity index (χ3v) is 4.51. The second-order valence-corrected chi connectivity index (χ2v) is 7.57. The van der Waals surface area contributed by atoms with E-state index < -0.39 is 23.9 Å². The Morgan fingerprint density at radius 1 is 0.758 bits per heavy atom. The summed E-state index contributed by atoms with van der Waals surface area (Å²) < 4.78 is 10.9. The quantitative estimate of drug-likeness (QED) is 0.288. The van der Waals surface area contributed by atoms with Gasteiger partial charge in [-0.2, -0.15) is 0 Å². The fourth-order valence-electron chi connectivity index (χ4n) is 2.98. The number of carbonyl (C=O) groups excluding carboxylic acids is 2. The summed E-state index contributed by atoms with van der Waals surface area (Å²) >= 11 is 0. The SMILES string of the molecule is CC(C)c1c(OC(=O)CCC(=O)O)cc(/C=C/c2ccccc2)cc1OC(=O)CCC(=O)O. The number of hydrogen-bond acceptors (Lipinski definition) is 6. The summed E-state index contributed by atoms with van der Waals surface area (Å²) in [4.78, 5) is 46.0. The van der Waals surface area contributed by atoms with Crippen molar-refractivity contribution < 1.29 is 38.9 Å². The summed E-state index contributed by atoms with van der Waals surface area (Å²) in [5.41, 5.74) is 1.94. The highest BCUT2D eigenvalue weighted by Crippen LogP contribution is 2.38. The smallest absolute Gasteiger partial charge is 0.311 e. The van der Waals surface area contributed by atoms with E-state index in [1.807, 2.05) is 50.3 Å². The number of carboxylic acid groups (broad SMARTS) is 2. The molecule has 0 aliphatic rings. The fraction of sp³-hybridized carbons (Fsp3) is 0.280. The van der Waals surface area contributed by atoms with Gasteiger partial charge in [-0.15, -0.1) is 0 Å². The summed E-state index contributed by atoms with van der Waals surface area (Å²) in [6.07, 6.45) is 2.20. The summed E-state index contributed by atoms with van der Waals surface area (Å²) in [7, 11) is 0. The van der Waals surface area contributed by atoms with Crippen molar-refractivity contribution in [1.29, 1.82) is 0 Å². The average molecular weight is 454 g/mol. The van der Waals surface area contributed by atoms with Crippen molar-refractivity contribution in [3.05, 3.63) is 59.2 Å². The molecule has 174 valence electrons. The van der Waals surface area contributed by atoms with Crippen LogP contribution in [0.25, 0.3) is 12.2 Å². The standard InChI is InChI=1S/C25H26O8/c1-16(2)25-19(32-23(30)12-10-21(26)27)14-18(9-8-17-6-4-3-5-7-17)15-20(25)33-24(31)13-11-22(28)29/h3-9,14-16H,10-13H2,1-2H3,(H,26,27)(H,28,29)/b9-8+. The van der Waals surface area contributed by atoms with Crippen LogP contribution in [0.4, 0.5) is 0 Å². The molecule has 0 aliphatic carbocycles. The molecule has 8 nitrogen and oxygen atoms in total. The van der Waals surface area contributed by atoms with Gasteiger partial charge in [-0.3, -0.25) is 19.2 Å². The van der Waals surface area contributed by atoms with Crippen LogP contribution in [0.1, 0.15) is 62.1 Å². The highest BCUT2D eigenvalue weighted by atomic mass is 16.5. The minimum absolute atomic E-state index is 0.150. The second kappa shape index (κ2) is 12.2. The number of carbonyl (C=O) groups is 4. The molecule has 0 saturated heterocycles. The van der Waals surface area contributed by atoms with E-state index >= 15 is 0 Å². The molecule has 2 N–H and O–H groups in total. The number of aliphatic carboxylic acids is 2. The topological polar surface area (TPSA) is 127 Å². The molecular weight excluding hydrogens is 428 g/mol. The molecule has 0 amide bonds. The van der Waals surface area contributed by atoms with Crippen molar-refractivity contribution in [3.63, 3.8) is 0 Å². The van der Waals surface area contributed by atoms with Crippen LogP contribution in [0.15, 0.2) is 42.5 Å². The van der Waals surface area contributed by atoms with E-state index in [1.165, 1.54) is 0 Å². The Bertz CT molecular complexity index is 985. The van der Waals surface area contributed by atoms with Gasteiger partial charge in [0.05, 0.1) is 25.7 Å². The molecule has 0 radical (unpaired) electrons. The molecule has 0 spiro atoms. The Labute approximate surface area is 191 Å². The molecule has 8 heteroatoms.